The summed E-state index contributed by atoms with van der Waals surface area (Å²) in [4.78, 5) is 20.6. The SMILES string of the molecule is CN=C(NCC(c1ccc(C)cc1)N(C)C)N1CCC(C(=O)OC)CC1.I. The number of hydrogen-bond donors (Lipinski definition) is 1. The highest BCUT2D eigenvalue weighted by atomic mass is 127. The van der Waals surface area contributed by atoms with E-state index in [4.69, 9.17) is 4.74 Å². The van der Waals surface area contributed by atoms with Crippen LogP contribution in [0.2, 0.25) is 0 Å². The van der Waals surface area contributed by atoms with Crippen LogP contribution in [0.1, 0.15) is 30.0 Å². The Balaban J connectivity index is 0.00000364. The average Bonchev–Trinajstić information content (AvgIpc) is 2.65. The molecule has 1 heterocycles. The lowest BCUT2D eigenvalue weighted by molar-refractivity contribution is -0.146. The minimum Gasteiger partial charge on any atom is -0.469 e. The van der Waals surface area contributed by atoms with E-state index in [1.165, 1.54) is 18.2 Å². The number of halogens is 1. The van der Waals surface area contributed by atoms with Gasteiger partial charge in [0.25, 0.3) is 0 Å². The van der Waals surface area contributed by atoms with Crippen molar-refractivity contribution in [1.82, 2.24) is 15.1 Å². The second-order valence-corrected chi connectivity index (χ2v) is 7.10. The van der Waals surface area contributed by atoms with Crippen molar-refractivity contribution in [2.75, 3.05) is 47.9 Å². The number of ether oxygens (including phenoxy) is 1. The normalized spacial score (nSPS) is 16.7. The number of rotatable bonds is 5. The number of likely N-dealkylation sites (tertiary alicyclic amines) is 1. The molecule has 1 atom stereocenters. The van der Waals surface area contributed by atoms with Gasteiger partial charge >= 0.3 is 5.97 Å². The van der Waals surface area contributed by atoms with Gasteiger partial charge in [-0.1, -0.05) is 29.8 Å². The van der Waals surface area contributed by atoms with E-state index < -0.39 is 0 Å². The van der Waals surface area contributed by atoms with E-state index in [-0.39, 0.29) is 41.9 Å². The molecule has 1 N–H and O–H groups in total. The van der Waals surface area contributed by atoms with Gasteiger partial charge < -0.3 is 19.9 Å². The van der Waals surface area contributed by atoms with Crippen LogP contribution in [0.5, 0.6) is 0 Å². The van der Waals surface area contributed by atoms with Gasteiger partial charge in [-0.05, 0) is 39.4 Å². The fourth-order valence-electron chi connectivity index (χ4n) is 3.40. The van der Waals surface area contributed by atoms with Gasteiger partial charge in [0, 0.05) is 26.7 Å². The van der Waals surface area contributed by atoms with Crippen LogP contribution in [0, 0.1) is 12.8 Å². The number of nitrogens with one attached hydrogen (secondary N) is 1. The Hall–Kier alpha value is -1.35. The maximum Gasteiger partial charge on any atom is 0.308 e. The molecule has 7 heteroatoms. The number of piperidine rings is 1. The van der Waals surface area contributed by atoms with Crippen molar-refractivity contribution >= 4 is 35.9 Å². The summed E-state index contributed by atoms with van der Waals surface area (Å²) < 4.78 is 4.87. The third-order valence-electron chi connectivity index (χ3n) is 5.08. The van der Waals surface area contributed by atoms with E-state index in [0.717, 1.165) is 38.4 Å². The summed E-state index contributed by atoms with van der Waals surface area (Å²) in [7, 11) is 7.46. The van der Waals surface area contributed by atoms with Crippen LogP contribution in [0.15, 0.2) is 29.3 Å². The number of benzene rings is 1. The molecule has 1 aromatic carbocycles. The van der Waals surface area contributed by atoms with Gasteiger partial charge in [0.05, 0.1) is 19.1 Å². The van der Waals surface area contributed by atoms with Crippen molar-refractivity contribution in [1.29, 1.82) is 0 Å². The Labute approximate surface area is 180 Å². The quantitative estimate of drug-likeness (QED) is 0.299. The van der Waals surface area contributed by atoms with Crippen LogP contribution in [-0.4, -0.2) is 69.6 Å². The molecule has 0 aliphatic carbocycles. The van der Waals surface area contributed by atoms with Crippen molar-refractivity contribution in [2.24, 2.45) is 10.9 Å². The first-order valence-corrected chi connectivity index (χ1v) is 9.22. The molecule has 27 heavy (non-hydrogen) atoms. The average molecular weight is 488 g/mol. The number of nitrogens with zero attached hydrogens (tertiary/aromatic N) is 3. The molecule has 1 aliphatic heterocycles. The molecule has 0 radical (unpaired) electrons. The highest BCUT2D eigenvalue weighted by Crippen LogP contribution is 2.20. The van der Waals surface area contributed by atoms with E-state index in [1.807, 2.05) is 7.05 Å². The highest BCUT2D eigenvalue weighted by molar-refractivity contribution is 14.0. The van der Waals surface area contributed by atoms with E-state index in [9.17, 15) is 4.79 Å². The number of esters is 1. The molecule has 152 valence electrons. The lowest BCUT2D eigenvalue weighted by Gasteiger charge is -2.34. The van der Waals surface area contributed by atoms with Gasteiger partial charge in [-0.3, -0.25) is 9.79 Å². The Morgan fingerprint density at radius 1 is 1.30 bits per heavy atom. The molecule has 0 aromatic heterocycles. The molecule has 1 aromatic rings. The lowest BCUT2D eigenvalue weighted by atomic mass is 9.97. The molecule has 2 rings (SSSR count). The molecule has 1 unspecified atom stereocenters. The maximum absolute atomic E-state index is 11.7. The summed E-state index contributed by atoms with van der Waals surface area (Å²) in [5.74, 6) is 0.809. The Bertz CT molecular complexity index is 611. The van der Waals surface area contributed by atoms with Crippen LogP contribution in [0.3, 0.4) is 0 Å². The molecular formula is C20H33IN4O2. The summed E-state index contributed by atoms with van der Waals surface area (Å²) >= 11 is 0. The summed E-state index contributed by atoms with van der Waals surface area (Å²) in [5, 5.41) is 3.51. The van der Waals surface area contributed by atoms with Gasteiger partial charge in [-0.25, -0.2) is 0 Å². The number of methoxy groups -OCH3 is 1. The predicted molar refractivity (Wildman–Crippen MR) is 121 cm³/mol. The summed E-state index contributed by atoms with van der Waals surface area (Å²) in [6, 6.07) is 8.94. The number of guanidine groups is 1. The number of carbonyl (C=O) groups excluding carboxylic acids is 1. The van der Waals surface area contributed by atoms with E-state index >= 15 is 0 Å². The topological polar surface area (TPSA) is 57.2 Å². The first-order chi connectivity index (χ1) is 12.5. The third-order valence-corrected chi connectivity index (χ3v) is 5.08. The highest BCUT2D eigenvalue weighted by Gasteiger charge is 2.27. The van der Waals surface area contributed by atoms with E-state index in [0.29, 0.717) is 0 Å². The van der Waals surface area contributed by atoms with Gasteiger partial charge in [0.2, 0.25) is 0 Å². The van der Waals surface area contributed by atoms with Crippen molar-refractivity contribution in [2.45, 2.75) is 25.8 Å². The van der Waals surface area contributed by atoms with Crippen molar-refractivity contribution in [3.63, 3.8) is 0 Å². The molecule has 6 nitrogen and oxygen atoms in total. The molecule has 0 amide bonds. The monoisotopic (exact) mass is 488 g/mol. The standard InChI is InChI=1S/C20H32N4O2.HI/c1-15-6-8-16(9-7-15)18(23(3)4)14-22-20(21-2)24-12-10-17(11-13-24)19(25)26-5;/h6-9,17-18H,10-14H2,1-5H3,(H,21,22);1H. The minimum atomic E-state index is -0.0976. The summed E-state index contributed by atoms with van der Waals surface area (Å²) in [5.41, 5.74) is 2.55. The number of aryl methyl sites for hydroxylation is 1. The zero-order valence-corrected chi connectivity index (χ0v) is 19.4. The van der Waals surface area contributed by atoms with Gasteiger partial charge in [-0.15, -0.1) is 24.0 Å². The smallest absolute Gasteiger partial charge is 0.308 e. The van der Waals surface area contributed by atoms with Crippen molar-refractivity contribution < 1.29 is 9.53 Å². The molecular weight excluding hydrogens is 455 g/mol. The fraction of sp³-hybridized carbons (Fsp3) is 0.600. The third kappa shape index (κ3) is 6.64. The van der Waals surface area contributed by atoms with Gasteiger partial charge in [0.15, 0.2) is 5.96 Å². The molecule has 1 saturated heterocycles. The first kappa shape index (κ1) is 23.7. The van der Waals surface area contributed by atoms with Crippen LogP contribution < -0.4 is 5.32 Å². The number of aliphatic imine (C=N–C) groups is 1. The van der Waals surface area contributed by atoms with Gasteiger partial charge in [-0.2, -0.15) is 0 Å². The van der Waals surface area contributed by atoms with Crippen LogP contribution >= 0.6 is 24.0 Å². The summed E-state index contributed by atoms with van der Waals surface area (Å²) in [6.07, 6.45) is 1.62. The first-order valence-electron chi connectivity index (χ1n) is 9.22. The van der Waals surface area contributed by atoms with Crippen molar-refractivity contribution in [3.05, 3.63) is 35.4 Å². The molecule has 1 fully saturated rings. The van der Waals surface area contributed by atoms with E-state index in [1.54, 1.807) is 0 Å². The second kappa shape index (κ2) is 11.5. The predicted octanol–water partition coefficient (Wildman–Crippen LogP) is 2.68. The van der Waals surface area contributed by atoms with Crippen LogP contribution in [-0.2, 0) is 9.53 Å². The Kier molecular flexibility index (Phi) is 10.1. The maximum atomic E-state index is 11.7. The zero-order valence-electron chi connectivity index (χ0n) is 17.1. The van der Waals surface area contributed by atoms with Crippen LogP contribution in [0.4, 0.5) is 0 Å². The fourth-order valence-corrected chi connectivity index (χ4v) is 3.40. The molecule has 0 saturated carbocycles. The Morgan fingerprint density at radius 2 is 1.89 bits per heavy atom. The van der Waals surface area contributed by atoms with Gasteiger partial charge in [0.1, 0.15) is 0 Å². The molecule has 0 spiro atoms. The lowest BCUT2D eigenvalue weighted by Crippen LogP contribution is -2.48. The Morgan fingerprint density at radius 3 is 2.37 bits per heavy atom. The number of hydrogen-bond acceptors (Lipinski definition) is 4. The van der Waals surface area contributed by atoms with Crippen LogP contribution in [0.25, 0.3) is 0 Å². The van der Waals surface area contributed by atoms with E-state index in [2.05, 4.69) is 65.4 Å². The second-order valence-electron chi connectivity index (χ2n) is 7.10. The molecule has 1 aliphatic rings. The number of likely N-dealkylation sites (N-methyl/N-ethyl adjacent to an activating group) is 1. The minimum absolute atomic E-state index is 0. The molecule has 0 bridgehead atoms. The number of carbonyl (C=O) groups is 1. The zero-order chi connectivity index (χ0) is 19.1. The van der Waals surface area contributed by atoms with Crippen molar-refractivity contribution in [3.8, 4) is 0 Å². The summed E-state index contributed by atoms with van der Waals surface area (Å²) in [6.45, 7) is 4.51. The largest absolute Gasteiger partial charge is 0.469 e.